The van der Waals surface area contributed by atoms with Crippen LogP contribution >= 0.6 is 11.6 Å². The normalized spacial score (nSPS) is 11.4. The number of halogens is 1. The van der Waals surface area contributed by atoms with E-state index in [1.54, 1.807) is 51.1 Å². The number of aromatic nitrogens is 1. The van der Waals surface area contributed by atoms with Gasteiger partial charge in [0, 0.05) is 16.0 Å². The Kier molecular flexibility index (Phi) is 4.74. The van der Waals surface area contributed by atoms with Crippen molar-refractivity contribution in [2.24, 2.45) is 0 Å². The molecule has 5 nitrogen and oxygen atoms in total. The van der Waals surface area contributed by atoms with Crippen molar-refractivity contribution in [2.75, 3.05) is 5.43 Å². The topological polar surface area (TPSA) is 60.3 Å². The molecule has 2 aromatic carbocycles. The summed E-state index contributed by atoms with van der Waals surface area (Å²) in [6.45, 7) is 5.27. The molecular weight excluding hydrogens is 352 g/mol. The molecule has 3 aromatic rings. The number of nitrogens with one attached hydrogen (secondary N) is 1. The minimum atomic E-state index is -0.710. The first-order valence-electron chi connectivity index (χ1n) is 8.15. The van der Waals surface area contributed by atoms with Crippen LogP contribution in [0.4, 0.5) is 4.79 Å². The Morgan fingerprint density at radius 2 is 1.81 bits per heavy atom. The van der Waals surface area contributed by atoms with Gasteiger partial charge in [-0.1, -0.05) is 41.9 Å². The molecule has 134 valence electrons. The Labute approximate surface area is 156 Å². The highest BCUT2D eigenvalue weighted by Gasteiger charge is 2.19. The number of hydrogen-bond donors (Lipinski definition) is 1. The number of carbonyl (C=O) groups is 1. The van der Waals surface area contributed by atoms with Crippen LogP contribution < -0.4 is 11.0 Å². The molecule has 0 spiro atoms. The van der Waals surface area contributed by atoms with E-state index in [2.05, 4.69) is 5.43 Å². The van der Waals surface area contributed by atoms with Crippen LogP contribution in [0.15, 0.2) is 59.4 Å². The third kappa shape index (κ3) is 3.89. The van der Waals surface area contributed by atoms with Crippen molar-refractivity contribution in [1.29, 1.82) is 0 Å². The summed E-state index contributed by atoms with van der Waals surface area (Å²) in [6.07, 6.45) is -0.710. The van der Waals surface area contributed by atoms with Crippen LogP contribution in [0.1, 0.15) is 20.8 Å². The molecule has 6 heteroatoms. The fourth-order valence-electron chi connectivity index (χ4n) is 2.62. The number of ether oxygens (including phenoxy) is 1. The van der Waals surface area contributed by atoms with Crippen molar-refractivity contribution in [2.45, 2.75) is 26.4 Å². The Morgan fingerprint density at radius 1 is 1.08 bits per heavy atom. The predicted octanol–water partition coefficient (Wildman–Crippen LogP) is 4.80. The molecule has 0 atom stereocenters. The molecule has 0 aliphatic rings. The van der Waals surface area contributed by atoms with Gasteiger partial charge in [0.25, 0.3) is 5.56 Å². The third-order valence-corrected chi connectivity index (χ3v) is 3.88. The van der Waals surface area contributed by atoms with Gasteiger partial charge in [-0.2, -0.15) is 0 Å². The molecule has 1 amide bonds. The van der Waals surface area contributed by atoms with Gasteiger partial charge in [-0.15, -0.1) is 0 Å². The van der Waals surface area contributed by atoms with Crippen LogP contribution in [-0.2, 0) is 4.74 Å². The Bertz CT molecular complexity index is 1040. The standard InChI is InChI=1S/C20H19ClN2O3/c1-20(2,3)26-19(25)22-23-17(14-8-6-9-15(21)11-14)12-13-7-4-5-10-16(13)18(23)24/h4-12H,1-3H3,(H,22,25). The fraction of sp³-hybridized carbons (Fsp3) is 0.200. The van der Waals surface area contributed by atoms with E-state index >= 15 is 0 Å². The summed E-state index contributed by atoms with van der Waals surface area (Å²) in [4.78, 5) is 25.2. The number of rotatable bonds is 2. The lowest BCUT2D eigenvalue weighted by Crippen LogP contribution is -2.37. The SMILES string of the molecule is CC(C)(C)OC(=O)Nn1c(-c2cccc(Cl)c2)cc2ccccc2c1=O. The van der Waals surface area contributed by atoms with E-state index < -0.39 is 11.7 Å². The van der Waals surface area contributed by atoms with Crippen LogP contribution in [0.5, 0.6) is 0 Å². The number of pyridine rings is 1. The van der Waals surface area contributed by atoms with Gasteiger partial charge in [0.2, 0.25) is 0 Å². The molecule has 26 heavy (non-hydrogen) atoms. The maximum Gasteiger partial charge on any atom is 0.427 e. The lowest BCUT2D eigenvalue weighted by molar-refractivity contribution is 0.0613. The quantitative estimate of drug-likeness (QED) is 0.704. The van der Waals surface area contributed by atoms with Gasteiger partial charge in [-0.25, -0.2) is 14.9 Å². The van der Waals surface area contributed by atoms with Gasteiger partial charge in [0.05, 0.1) is 5.69 Å². The van der Waals surface area contributed by atoms with Crippen LogP contribution in [0.2, 0.25) is 5.02 Å². The van der Waals surface area contributed by atoms with E-state index in [0.717, 1.165) is 5.39 Å². The summed E-state index contributed by atoms with van der Waals surface area (Å²) in [5, 5.41) is 1.80. The Hall–Kier alpha value is -2.79. The summed E-state index contributed by atoms with van der Waals surface area (Å²) in [6, 6.07) is 16.1. The molecule has 0 aliphatic carbocycles. The molecule has 0 unspecified atom stereocenters. The van der Waals surface area contributed by atoms with Crippen molar-refractivity contribution < 1.29 is 9.53 Å². The second kappa shape index (κ2) is 6.84. The smallest absolute Gasteiger partial charge is 0.427 e. The van der Waals surface area contributed by atoms with Crippen molar-refractivity contribution in [3.05, 3.63) is 70.0 Å². The average Bonchev–Trinajstić information content (AvgIpc) is 2.55. The zero-order chi connectivity index (χ0) is 18.9. The highest BCUT2D eigenvalue weighted by atomic mass is 35.5. The van der Waals surface area contributed by atoms with Gasteiger partial charge in [0.1, 0.15) is 5.60 Å². The summed E-state index contributed by atoms with van der Waals surface area (Å²) in [5.74, 6) is 0. The lowest BCUT2D eigenvalue weighted by Gasteiger charge is -2.21. The third-order valence-electron chi connectivity index (χ3n) is 3.65. The molecule has 0 saturated heterocycles. The molecule has 3 rings (SSSR count). The molecule has 1 aromatic heterocycles. The largest absolute Gasteiger partial charge is 0.443 e. The molecule has 0 bridgehead atoms. The molecule has 0 radical (unpaired) electrons. The first-order valence-corrected chi connectivity index (χ1v) is 8.53. The second-order valence-corrected chi connectivity index (χ2v) is 7.32. The summed E-state index contributed by atoms with van der Waals surface area (Å²) in [5.41, 5.74) is 2.74. The lowest BCUT2D eigenvalue weighted by atomic mass is 10.1. The van der Waals surface area contributed by atoms with E-state index in [0.29, 0.717) is 21.7 Å². The molecule has 0 saturated carbocycles. The molecule has 1 N–H and O–H groups in total. The number of fused-ring (bicyclic) bond motifs is 1. The first-order chi connectivity index (χ1) is 12.2. The predicted molar refractivity (Wildman–Crippen MR) is 104 cm³/mol. The summed E-state index contributed by atoms with van der Waals surface area (Å²) in [7, 11) is 0. The number of hydrogen-bond acceptors (Lipinski definition) is 3. The maximum absolute atomic E-state index is 13.0. The van der Waals surface area contributed by atoms with Gasteiger partial charge in [0.15, 0.2) is 0 Å². The van der Waals surface area contributed by atoms with Crippen molar-refractivity contribution in [3.63, 3.8) is 0 Å². The maximum atomic E-state index is 13.0. The summed E-state index contributed by atoms with van der Waals surface area (Å²) >= 11 is 6.10. The average molecular weight is 371 g/mol. The van der Waals surface area contributed by atoms with Gasteiger partial charge >= 0.3 is 6.09 Å². The summed E-state index contributed by atoms with van der Waals surface area (Å²) < 4.78 is 6.48. The fourth-order valence-corrected chi connectivity index (χ4v) is 2.81. The van der Waals surface area contributed by atoms with Crippen LogP contribution in [0.3, 0.4) is 0 Å². The minimum absolute atomic E-state index is 0.344. The van der Waals surface area contributed by atoms with Crippen LogP contribution in [0, 0.1) is 0 Å². The zero-order valence-electron chi connectivity index (χ0n) is 14.7. The highest BCUT2D eigenvalue weighted by molar-refractivity contribution is 6.30. The number of amides is 1. The number of nitrogens with zero attached hydrogens (tertiary/aromatic N) is 1. The molecule has 1 heterocycles. The molecule has 0 aliphatic heterocycles. The number of carbonyl (C=O) groups excluding carboxylic acids is 1. The van der Waals surface area contributed by atoms with E-state index in [-0.39, 0.29) is 5.56 Å². The van der Waals surface area contributed by atoms with Crippen molar-refractivity contribution in [3.8, 4) is 11.3 Å². The van der Waals surface area contributed by atoms with Gasteiger partial charge in [-0.05, 0) is 50.4 Å². The monoisotopic (exact) mass is 370 g/mol. The zero-order valence-corrected chi connectivity index (χ0v) is 15.5. The second-order valence-electron chi connectivity index (χ2n) is 6.88. The number of benzene rings is 2. The first kappa shape index (κ1) is 18.0. The van der Waals surface area contributed by atoms with Crippen molar-refractivity contribution >= 4 is 28.5 Å². The minimum Gasteiger partial charge on any atom is -0.443 e. The highest BCUT2D eigenvalue weighted by Crippen LogP contribution is 2.24. The van der Waals surface area contributed by atoms with E-state index in [1.165, 1.54) is 4.68 Å². The van der Waals surface area contributed by atoms with E-state index in [4.69, 9.17) is 16.3 Å². The Balaban J connectivity index is 2.18. The van der Waals surface area contributed by atoms with Crippen LogP contribution in [-0.4, -0.2) is 16.4 Å². The van der Waals surface area contributed by atoms with Gasteiger partial charge < -0.3 is 4.74 Å². The molecular formula is C20H19ClN2O3. The molecule has 0 fully saturated rings. The van der Waals surface area contributed by atoms with Crippen molar-refractivity contribution in [1.82, 2.24) is 4.68 Å². The van der Waals surface area contributed by atoms with Gasteiger partial charge in [-0.3, -0.25) is 4.79 Å². The Morgan fingerprint density at radius 3 is 2.50 bits per heavy atom. The van der Waals surface area contributed by atoms with Crippen LogP contribution in [0.25, 0.3) is 22.0 Å². The van der Waals surface area contributed by atoms with E-state index in [9.17, 15) is 9.59 Å². The van der Waals surface area contributed by atoms with E-state index in [1.807, 2.05) is 24.3 Å².